The lowest BCUT2D eigenvalue weighted by atomic mass is 9.94. The van der Waals surface area contributed by atoms with E-state index in [1.807, 2.05) is 48.5 Å². The molecule has 1 N–H and O–H groups in total. The van der Waals surface area contributed by atoms with Crippen molar-refractivity contribution in [2.24, 2.45) is 0 Å². The molecule has 0 radical (unpaired) electrons. The molecule has 1 heterocycles. The number of carbonyl (C=O) groups excluding carboxylic acids is 2. The third-order valence-electron chi connectivity index (χ3n) is 5.38. The summed E-state index contributed by atoms with van der Waals surface area (Å²) < 4.78 is 0. The highest BCUT2D eigenvalue weighted by Crippen LogP contribution is 2.35. The predicted molar refractivity (Wildman–Crippen MR) is 134 cm³/mol. The summed E-state index contributed by atoms with van der Waals surface area (Å²) in [5.74, 6) is -1.13. The molecular formula is C25H14Cl2N2O2S. The van der Waals surface area contributed by atoms with E-state index < -0.39 is 11.8 Å². The molecule has 4 aromatic rings. The number of thiocarbonyl (C=S) groups is 1. The molecule has 4 aromatic carbocycles. The van der Waals surface area contributed by atoms with Crippen molar-refractivity contribution in [3.63, 3.8) is 0 Å². The number of fused-ring (bicyclic) bond motifs is 2. The van der Waals surface area contributed by atoms with Crippen molar-refractivity contribution in [2.45, 2.75) is 0 Å². The number of benzene rings is 4. The van der Waals surface area contributed by atoms with E-state index >= 15 is 0 Å². The SMILES string of the molecule is O=C1NC(=S)N(c2cccc(Cl)c2Cl)C(=O)C1=Cc1c2ccccc2cc2ccccc12. The third-order valence-corrected chi connectivity index (χ3v) is 6.47. The van der Waals surface area contributed by atoms with Crippen molar-refractivity contribution in [2.75, 3.05) is 4.90 Å². The molecule has 0 saturated carbocycles. The maximum atomic E-state index is 13.5. The van der Waals surface area contributed by atoms with E-state index in [1.165, 1.54) is 4.90 Å². The third kappa shape index (κ3) is 3.35. The van der Waals surface area contributed by atoms with Crippen LogP contribution in [-0.4, -0.2) is 16.9 Å². The summed E-state index contributed by atoms with van der Waals surface area (Å²) in [7, 11) is 0. The lowest BCUT2D eigenvalue weighted by Crippen LogP contribution is -2.54. The number of carbonyl (C=O) groups is 2. The second-order valence-corrected chi connectivity index (χ2v) is 8.44. The van der Waals surface area contributed by atoms with Gasteiger partial charge in [-0.2, -0.15) is 0 Å². The molecule has 2 amide bonds. The Kier molecular flexibility index (Phi) is 5.18. The van der Waals surface area contributed by atoms with E-state index in [9.17, 15) is 9.59 Å². The van der Waals surface area contributed by atoms with Crippen molar-refractivity contribution in [3.05, 3.63) is 94.0 Å². The Bertz CT molecular complexity index is 1440. The van der Waals surface area contributed by atoms with Gasteiger partial charge in [-0.1, -0.05) is 77.8 Å². The first-order valence-electron chi connectivity index (χ1n) is 9.71. The van der Waals surface area contributed by atoms with Crippen LogP contribution >= 0.6 is 35.4 Å². The van der Waals surface area contributed by atoms with Crippen LogP contribution in [0.5, 0.6) is 0 Å². The van der Waals surface area contributed by atoms with Gasteiger partial charge in [0.1, 0.15) is 5.57 Å². The maximum Gasteiger partial charge on any atom is 0.270 e. The van der Waals surface area contributed by atoms with E-state index in [-0.39, 0.29) is 20.7 Å². The Morgan fingerprint density at radius 3 is 2.12 bits per heavy atom. The van der Waals surface area contributed by atoms with Gasteiger partial charge < -0.3 is 0 Å². The summed E-state index contributed by atoms with van der Waals surface area (Å²) in [6, 6.07) is 22.7. The Hall–Kier alpha value is -3.25. The van der Waals surface area contributed by atoms with Crippen LogP contribution in [0.2, 0.25) is 10.0 Å². The van der Waals surface area contributed by atoms with Crippen LogP contribution in [0.1, 0.15) is 5.56 Å². The lowest BCUT2D eigenvalue weighted by molar-refractivity contribution is -0.122. The average molecular weight is 477 g/mol. The molecule has 4 nitrogen and oxygen atoms in total. The van der Waals surface area contributed by atoms with Crippen LogP contribution in [0.4, 0.5) is 5.69 Å². The summed E-state index contributed by atoms with van der Waals surface area (Å²) in [5, 5.41) is 6.88. The number of hydrogen-bond acceptors (Lipinski definition) is 3. The minimum absolute atomic E-state index is 0.0452. The van der Waals surface area contributed by atoms with Gasteiger partial charge in [0.05, 0.1) is 15.7 Å². The second kappa shape index (κ2) is 8.02. The molecule has 0 bridgehead atoms. The zero-order valence-corrected chi connectivity index (χ0v) is 18.8. The highest BCUT2D eigenvalue weighted by molar-refractivity contribution is 7.80. The first kappa shape index (κ1) is 20.6. The Morgan fingerprint density at radius 2 is 1.47 bits per heavy atom. The number of halogens is 2. The average Bonchev–Trinajstić information content (AvgIpc) is 2.78. The van der Waals surface area contributed by atoms with Gasteiger partial charge in [0, 0.05) is 0 Å². The quantitative estimate of drug-likeness (QED) is 0.164. The molecule has 0 aromatic heterocycles. The van der Waals surface area contributed by atoms with Crippen molar-refractivity contribution in [1.82, 2.24) is 5.32 Å². The van der Waals surface area contributed by atoms with Gasteiger partial charge in [0.15, 0.2) is 5.11 Å². The molecule has 32 heavy (non-hydrogen) atoms. The monoisotopic (exact) mass is 476 g/mol. The zero-order chi connectivity index (χ0) is 22.4. The summed E-state index contributed by atoms with van der Waals surface area (Å²) in [6.45, 7) is 0. The molecule has 156 valence electrons. The fraction of sp³-hybridized carbons (Fsp3) is 0. The number of rotatable bonds is 2. The molecular weight excluding hydrogens is 463 g/mol. The molecule has 1 aliphatic rings. The van der Waals surface area contributed by atoms with E-state index in [0.29, 0.717) is 5.69 Å². The first-order valence-corrected chi connectivity index (χ1v) is 10.9. The highest BCUT2D eigenvalue weighted by atomic mass is 35.5. The smallest absolute Gasteiger partial charge is 0.270 e. The summed E-state index contributed by atoms with van der Waals surface area (Å²) >= 11 is 17.8. The zero-order valence-electron chi connectivity index (χ0n) is 16.4. The molecule has 0 atom stereocenters. The van der Waals surface area contributed by atoms with Gasteiger partial charge in [-0.05, 0) is 63.6 Å². The van der Waals surface area contributed by atoms with Gasteiger partial charge in [0.25, 0.3) is 11.8 Å². The van der Waals surface area contributed by atoms with Crippen LogP contribution in [0, 0.1) is 0 Å². The highest BCUT2D eigenvalue weighted by Gasteiger charge is 2.36. The maximum absolute atomic E-state index is 13.5. The largest absolute Gasteiger partial charge is 0.298 e. The van der Waals surface area contributed by atoms with E-state index in [1.54, 1.807) is 24.3 Å². The van der Waals surface area contributed by atoms with Crippen molar-refractivity contribution < 1.29 is 9.59 Å². The van der Waals surface area contributed by atoms with Crippen molar-refractivity contribution in [1.29, 1.82) is 0 Å². The van der Waals surface area contributed by atoms with Crippen LogP contribution in [0.15, 0.2) is 78.4 Å². The lowest BCUT2D eigenvalue weighted by Gasteiger charge is -2.29. The fourth-order valence-electron chi connectivity index (χ4n) is 3.89. The summed E-state index contributed by atoms with van der Waals surface area (Å²) in [5.41, 5.74) is 1.04. The standard InChI is InChI=1S/C25H14Cl2N2O2S/c26-20-10-5-11-21(22(20)27)29-24(31)19(23(30)28-25(29)32)13-18-16-8-3-1-6-14(16)12-15-7-2-4-9-17(15)18/h1-13H,(H,28,30,32). The number of hydrogen-bond donors (Lipinski definition) is 1. The Balaban J connectivity index is 1.73. The predicted octanol–water partition coefficient (Wildman–Crippen LogP) is 6.13. The van der Waals surface area contributed by atoms with Gasteiger partial charge >= 0.3 is 0 Å². The minimum atomic E-state index is -0.570. The molecule has 0 spiro atoms. The summed E-state index contributed by atoms with van der Waals surface area (Å²) in [6.07, 6.45) is 1.62. The van der Waals surface area contributed by atoms with Gasteiger partial charge in [-0.25, -0.2) is 0 Å². The molecule has 0 aliphatic carbocycles. The number of amides is 2. The van der Waals surface area contributed by atoms with Gasteiger partial charge in [-0.3, -0.25) is 19.8 Å². The fourth-order valence-corrected chi connectivity index (χ4v) is 4.54. The number of nitrogens with one attached hydrogen (secondary N) is 1. The molecule has 7 heteroatoms. The summed E-state index contributed by atoms with van der Waals surface area (Å²) in [4.78, 5) is 27.5. The van der Waals surface area contributed by atoms with E-state index in [0.717, 1.165) is 27.1 Å². The number of anilines is 1. The minimum Gasteiger partial charge on any atom is -0.298 e. The molecule has 1 aliphatic heterocycles. The van der Waals surface area contributed by atoms with E-state index in [2.05, 4.69) is 11.4 Å². The van der Waals surface area contributed by atoms with Crippen molar-refractivity contribution >= 4 is 85.7 Å². The molecule has 1 saturated heterocycles. The second-order valence-electron chi connectivity index (χ2n) is 7.26. The Labute approximate surface area is 199 Å². The number of nitrogens with zero attached hydrogens (tertiary/aromatic N) is 1. The first-order chi connectivity index (χ1) is 15.5. The molecule has 5 rings (SSSR count). The van der Waals surface area contributed by atoms with Crippen LogP contribution in [0.25, 0.3) is 27.6 Å². The van der Waals surface area contributed by atoms with Gasteiger partial charge in [-0.15, -0.1) is 0 Å². The van der Waals surface area contributed by atoms with Gasteiger partial charge in [0.2, 0.25) is 0 Å². The van der Waals surface area contributed by atoms with E-state index in [4.69, 9.17) is 35.4 Å². The van der Waals surface area contributed by atoms with Crippen LogP contribution < -0.4 is 10.2 Å². The Morgan fingerprint density at radius 1 is 0.844 bits per heavy atom. The topological polar surface area (TPSA) is 49.4 Å². The van der Waals surface area contributed by atoms with Crippen molar-refractivity contribution in [3.8, 4) is 0 Å². The normalized spacial score (nSPS) is 15.6. The molecule has 0 unspecified atom stereocenters. The molecule has 1 fully saturated rings. The van der Waals surface area contributed by atoms with Crippen LogP contribution in [0.3, 0.4) is 0 Å². The van der Waals surface area contributed by atoms with Crippen LogP contribution in [-0.2, 0) is 9.59 Å².